The molecule has 134 valence electrons. The lowest BCUT2D eigenvalue weighted by atomic mass is 10.1. The van der Waals surface area contributed by atoms with Crippen molar-refractivity contribution in [3.8, 4) is 0 Å². The van der Waals surface area contributed by atoms with E-state index < -0.39 is 0 Å². The molecule has 0 amide bonds. The number of ether oxygens (including phenoxy) is 4. The molecule has 0 aromatic heterocycles. The maximum Gasteiger partial charge on any atom is 0.157 e. The Kier molecular flexibility index (Phi) is 7.87. The molecule has 0 aliphatic carbocycles. The van der Waals surface area contributed by atoms with Gasteiger partial charge in [-0.2, -0.15) is 0 Å². The van der Waals surface area contributed by atoms with Gasteiger partial charge in [-0.1, -0.05) is 6.42 Å². The second kappa shape index (κ2) is 9.88. The molecule has 3 fully saturated rings. The lowest BCUT2D eigenvalue weighted by Crippen LogP contribution is -2.26. The molecule has 3 heterocycles. The summed E-state index contributed by atoms with van der Waals surface area (Å²) in [5.74, 6) is 2.64. The van der Waals surface area contributed by atoms with Gasteiger partial charge in [-0.15, -0.1) is 23.5 Å². The molecule has 0 aromatic rings. The quantitative estimate of drug-likeness (QED) is 0.577. The third kappa shape index (κ3) is 6.08. The van der Waals surface area contributed by atoms with Crippen LogP contribution in [-0.4, -0.2) is 54.6 Å². The summed E-state index contributed by atoms with van der Waals surface area (Å²) in [7, 11) is 0. The molecular weight excluding hydrogens is 332 g/mol. The lowest BCUT2D eigenvalue weighted by Gasteiger charge is -2.36. The van der Waals surface area contributed by atoms with Gasteiger partial charge in [-0.05, 0) is 56.5 Å². The van der Waals surface area contributed by atoms with Gasteiger partial charge < -0.3 is 18.9 Å². The van der Waals surface area contributed by atoms with Crippen molar-refractivity contribution in [3.05, 3.63) is 0 Å². The Labute approximate surface area is 148 Å². The fourth-order valence-corrected chi connectivity index (χ4v) is 6.91. The molecule has 3 saturated heterocycles. The Hall–Kier alpha value is 0.540. The molecule has 0 radical (unpaired) electrons. The zero-order chi connectivity index (χ0) is 15.8. The fourth-order valence-electron chi connectivity index (χ4n) is 3.42. The van der Waals surface area contributed by atoms with Crippen LogP contribution in [0.25, 0.3) is 0 Å². The minimum absolute atomic E-state index is 0.0577. The van der Waals surface area contributed by atoms with Gasteiger partial charge in [0, 0.05) is 0 Å². The van der Waals surface area contributed by atoms with Gasteiger partial charge in [0.15, 0.2) is 12.6 Å². The molecule has 0 unspecified atom stereocenters. The van der Waals surface area contributed by atoms with Crippen LogP contribution in [0.1, 0.15) is 51.4 Å². The van der Waals surface area contributed by atoms with Crippen LogP contribution >= 0.6 is 23.5 Å². The second-order valence-corrected chi connectivity index (χ2v) is 9.66. The summed E-state index contributed by atoms with van der Waals surface area (Å²) in [6.45, 7) is 3.08. The maximum atomic E-state index is 5.57. The predicted molar refractivity (Wildman–Crippen MR) is 96.0 cm³/mol. The van der Waals surface area contributed by atoms with E-state index in [1.54, 1.807) is 0 Å². The molecule has 23 heavy (non-hydrogen) atoms. The average molecular weight is 363 g/mol. The fraction of sp³-hybridized carbons (Fsp3) is 1.00. The van der Waals surface area contributed by atoms with Crippen molar-refractivity contribution in [2.24, 2.45) is 0 Å². The number of thioether (sulfide) groups is 2. The molecule has 3 rings (SSSR count). The first-order valence-electron chi connectivity index (χ1n) is 9.11. The molecule has 6 heteroatoms. The first kappa shape index (κ1) is 18.3. The molecule has 0 atom stereocenters. The van der Waals surface area contributed by atoms with E-state index >= 15 is 0 Å². The summed E-state index contributed by atoms with van der Waals surface area (Å²) in [6, 6.07) is 0. The smallest absolute Gasteiger partial charge is 0.157 e. The number of rotatable bonds is 9. The van der Waals surface area contributed by atoms with Crippen LogP contribution in [-0.2, 0) is 18.9 Å². The Morgan fingerprint density at radius 3 is 1.83 bits per heavy atom. The van der Waals surface area contributed by atoms with Crippen molar-refractivity contribution in [1.82, 2.24) is 0 Å². The summed E-state index contributed by atoms with van der Waals surface area (Å²) < 4.78 is 22.6. The van der Waals surface area contributed by atoms with Gasteiger partial charge >= 0.3 is 0 Å². The summed E-state index contributed by atoms with van der Waals surface area (Å²) in [5.41, 5.74) is 0. The molecule has 4 nitrogen and oxygen atoms in total. The highest BCUT2D eigenvalue weighted by Crippen LogP contribution is 2.49. The highest BCUT2D eigenvalue weighted by molar-refractivity contribution is 8.18. The summed E-state index contributed by atoms with van der Waals surface area (Å²) in [5, 5.41) is 0. The van der Waals surface area contributed by atoms with Crippen LogP contribution in [0, 0.1) is 0 Å². The van der Waals surface area contributed by atoms with E-state index in [1.165, 1.54) is 50.0 Å². The highest BCUT2D eigenvalue weighted by atomic mass is 32.2. The van der Waals surface area contributed by atoms with E-state index in [9.17, 15) is 0 Å². The first-order chi connectivity index (χ1) is 11.4. The summed E-state index contributed by atoms with van der Waals surface area (Å²) >= 11 is 4.39. The summed E-state index contributed by atoms with van der Waals surface area (Å²) in [4.78, 5) is 0. The molecule has 0 spiro atoms. The minimum atomic E-state index is 0.0577. The second-order valence-electron chi connectivity index (χ2n) is 6.44. The predicted octanol–water partition coefficient (Wildman–Crippen LogP) is 4.03. The van der Waals surface area contributed by atoms with E-state index in [2.05, 4.69) is 23.5 Å². The van der Waals surface area contributed by atoms with E-state index in [0.29, 0.717) is 4.08 Å². The average Bonchev–Trinajstić information content (AvgIpc) is 3.26. The van der Waals surface area contributed by atoms with Crippen molar-refractivity contribution in [3.63, 3.8) is 0 Å². The van der Waals surface area contributed by atoms with Crippen molar-refractivity contribution < 1.29 is 18.9 Å². The number of unbranched alkanes of at least 4 members (excludes halogenated alkanes) is 1. The van der Waals surface area contributed by atoms with Crippen LogP contribution in [0.2, 0.25) is 0 Å². The SMILES string of the molecule is C1CSC(CCCCC2OCCO2)(CCCC2OCCO2)SC1. The molecule has 0 aromatic carbocycles. The normalized spacial score (nSPS) is 26.1. The third-order valence-electron chi connectivity index (χ3n) is 4.65. The van der Waals surface area contributed by atoms with E-state index in [0.717, 1.165) is 39.3 Å². The summed E-state index contributed by atoms with van der Waals surface area (Å²) in [6.07, 6.45) is 9.86. The van der Waals surface area contributed by atoms with E-state index in [1.807, 2.05) is 0 Å². The maximum absolute atomic E-state index is 5.57. The monoisotopic (exact) mass is 362 g/mol. The number of hydrogen-bond acceptors (Lipinski definition) is 6. The van der Waals surface area contributed by atoms with E-state index in [-0.39, 0.29) is 12.6 Å². The van der Waals surface area contributed by atoms with Gasteiger partial charge in [0.25, 0.3) is 0 Å². The highest BCUT2D eigenvalue weighted by Gasteiger charge is 2.33. The number of hydrogen-bond donors (Lipinski definition) is 0. The van der Waals surface area contributed by atoms with Crippen molar-refractivity contribution in [2.75, 3.05) is 37.9 Å². The van der Waals surface area contributed by atoms with Crippen LogP contribution in [0.4, 0.5) is 0 Å². The molecule has 0 saturated carbocycles. The van der Waals surface area contributed by atoms with Crippen LogP contribution in [0.15, 0.2) is 0 Å². The van der Waals surface area contributed by atoms with Gasteiger partial charge in [-0.3, -0.25) is 0 Å². The topological polar surface area (TPSA) is 36.9 Å². The molecule has 0 N–H and O–H groups in total. The van der Waals surface area contributed by atoms with Crippen LogP contribution in [0.3, 0.4) is 0 Å². The Morgan fingerprint density at radius 1 is 0.696 bits per heavy atom. The van der Waals surface area contributed by atoms with Crippen molar-refractivity contribution >= 4 is 23.5 Å². The zero-order valence-corrected chi connectivity index (χ0v) is 15.6. The Morgan fingerprint density at radius 2 is 1.22 bits per heavy atom. The molecule has 3 aliphatic heterocycles. The largest absolute Gasteiger partial charge is 0.350 e. The molecular formula is C17H30O4S2. The van der Waals surface area contributed by atoms with Crippen LogP contribution in [0.5, 0.6) is 0 Å². The van der Waals surface area contributed by atoms with Gasteiger partial charge in [-0.25, -0.2) is 0 Å². The minimum Gasteiger partial charge on any atom is -0.350 e. The Balaban J connectivity index is 1.36. The van der Waals surface area contributed by atoms with E-state index in [4.69, 9.17) is 18.9 Å². The van der Waals surface area contributed by atoms with Crippen molar-refractivity contribution in [2.45, 2.75) is 68.0 Å². The third-order valence-corrected chi connectivity index (χ3v) is 8.21. The molecule has 0 bridgehead atoms. The van der Waals surface area contributed by atoms with Gasteiger partial charge in [0.1, 0.15) is 0 Å². The zero-order valence-electron chi connectivity index (χ0n) is 14.0. The lowest BCUT2D eigenvalue weighted by molar-refractivity contribution is -0.0488. The molecule has 3 aliphatic rings. The van der Waals surface area contributed by atoms with Gasteiger partial charge in [0.2, 0.25) is 0 Å². The Bertz CT molecular complexity index is 325. The first-order valence-corrected chi connectivity index (χ1v) is 11.1. The standard InChI is InChI=1S/C17H30O4S2/c1(5-15-18-9-10-19-15)2-7-17(22-13-4-14-23-17)8-3-6-16-20-11-12-21-16/h15-16H,1-14H2. The van der Waals surface area contributed by atoms with Gasteiger partial charge in [0.05, 0.1) is 30.5 Å². The van der Waals surface area contributed by atoms with Crippen LogP contribution < -0.4 is 0 Å². The van der Waals surface area contributed by atoms with Crippen molar-refractivity contribution in [1.29, 1.82) is 0 Å².